The van der Waals surface area contributed by atoms with Gasteiger partial charge in [0.2, 0.25) is 5.91 Å². The van der Waals surface area contributed by atoms with Crippen molar-refractivity contribution in [1.29, 1.82) is 0 Å². The van der Waals surface area contributed by atoms with Crippen molar-refractivity contribution < 1.29 is 9.59 Å². The number of hydrogen-bond donors (Lipinski definition) is 1. The number of benzene rings is 1. The third kappa shape index (κ3) is 3.25. The van der Waals surface area contributed by atoms with Crippen molar-refractivity contribution in [2.24, 2.45) is 5.73 Å². The Morgan fingerprint density at radius 3 is 2.56 bits per heavy atom. The Morgan fingerprint density at radius 1 is 1.38 bits per heavy atom. The van der Waals surface area contributed by atoms with Gasteiger partial charge in [-0.25, -0.2) is 0 Å². The number of carbonyl (C=O) groups is 2. The molecule has 0 aliphatic rings. The summed E-state index contributed by atoms with van der Waals surface area (Å²) in [7, 11) is 0. The second kappa shape index (κ2) is 5.13. The minimum atomic E-state index is -0.439. The predicted molar refractivity (Wildman–Crippen MR) is 61.9 cm³/mol. The lowest BCUT2D eigenvalue weighted by atomic mass is 10.0. The van der Waals surface area contributed by atoms with Gasteiger partial charge in [-0.05, 0) is 31.5 Å². The fraction of sp³-hybridized carbons (Fsp3) is 0.231. The van der Waals surface area contributed by atoms with E-state index >= 15 is 0 Å². The van der Waals surface area contributed by atoms with Crippen molar-refractivity contribution in [2.45, 2.75) is 20.3 Å². The van der Waals surface area contributed by atoms with Crippen molar-refractivity contribution in [2.75, 3.05) is 0 Å². The smallest absolute Gasteiger partial charge is 0.229 e. The number of aryl methyl sites for hydroxylation is 1. The molecule has 2 N–H and O–H groups in total. The molecule has 0 atom stereocenters. The van der Waals surface area contributed by atoms with Crippen molar-refractivity contribution in [3.63, 3.8) is 0 Å². The van der Waals surface area contributed by atoms with Gasteiger partial charge in [-0.1, -0.05) is 17.9 Å². The average Bonchev–Trinajstić information content (AvgIpc) is 2.19. The third-order valence-electron chi connectivity index (χ3n) is 2.12. The number of hydrogen-bond acceptors (Lipinski definition) is 2. The first kappa shape index (κ1) is 12.0. The standard InChI is InChI=1S/C13H13NO2/c1-9-8-12(10(2)15)7-6-11(9)4-3-5-13(14)16/h6-8H,5H2,1-2H3,(H2,14,16). The molecule has 0 aromatic heterocycles. The summed E-state index contributed by atoms with van der Waals surface area (Å²) in [4.78, 5) is 21.6. The number of amides is 1. The van der Waals surface area contributed by atoms with Crippen LogP contribution in [0, 0.1) is 18.8 Å². The molecule has 1 aromatic rings. The van der Waals surface area contributed by atoms with Crippen LogP contribution in [0.3, 0.4) is 0 Å². The number of carbonyl (C=O) groups excluding carboxylic acids is 2. The van der Waals surface area contributed by atoms with Crippen LogP contribution in [-0.2, 0) is 4.79 Å². The molecule has 0 aliphatic heterocycles. The Bertz CT molecular complexity index is 492. The van der Waals surface area contributed by atoms with E-state index < -0.39 is 5.91 Å². The molecule has 0 saturated heterocycles. The number of Topliss-reactive ketones (excluding diaryl/α,β-unsaturated/α-hetero) is 1. The van der Waals surface area contributed by atoms with Crippen LogP contribution in [0.2, 0.25) is 0 Å². The van der Waals surface area contributed by atoms with Gasteiger partial charge in [-0.3, -0.25) is 9.59 Å². The fourth-order valence-corrected chi connectivity index (χ4v) is 1.25. The van der Waals surface area contributed by atoms with Gasteiger partial charge in [0.05, 0.1) is 6.42 Å². The summed E-state index contributed by atoms with van der Waals surface area (Å²) in [5, 5.41) is 0. The maximum atomic E-state index is 11.1. The maximum absolute atomic E-state index is 11.1. The number of ketones is 1. The number of rotatable bonds is 2. The quantitative estimate of drug-likeness (QED) is 0.599. The van der Waals surface area contributed by atoms with Gasteiger partial charge in [0.15, 0.2) is 5.78 Å². The van der Waals surface area contributed by atoms with Crippen LogP contribution in [0.15, 0.2) is 18.2 Å². The molecular formula is C13H13NO2. The molecule has 0 aliphatic carbocycles. The molecule has 0 bridgehead atoms. The van der Waals surface area contributed by atoms with Gasteiger partial charge in [-0.2, -0.15) is 0 Å². The highest BCUT2D eigenvalue weighted by molar-refractivity contribution is 5.94. The molecule has 1 amide bonds. The lowest BCUT2D eigenvalue weighted by Gasteiger charge is -2.00. The van der Waals surface area contributed by atoms with E-state index in [-0.39, 0.29) is 12.2 Å². The van der Waals surface area contributed by atoms with E-state index in [4.69, 9.17) is 5.73 Å². The van der Waals surface area contributed by atoms with Crippen LogP contribution in [0.4, 0.5) is 0 Å². The number of nitrogens with two attached hydrogens (primary N) is 1. The van der Waals surface area contributed by atoms with Crippen LogP contribution in [0.1, 0.15) is 34.8 Å². The van der Waals surface area contributed by atoms with Gasteiger partial charge < -0.3 is 5.73 Å². The maximum Gasteiger partial charge on any atom is 0.229 e. The highest BCUT2D eigenvalue weighted by atomic mass is 16.1. The van der Waals surface area contributed by atoms with Crippen molar-refractivity contribution in [1.82, 2.24) is 0 Å². The molecule has 3 nitrogen and oxygen atoms in total. The van der Waals surface area contributed by atoms with Crippen LogP contribution < -0.4 is 5.73 Å². The van der Waals surface area contributed by atoms with E-state index in [1.807, 2.05) is 6.92 Å². The van der Waals surface area contributed by atoms with E-state index in [1.165, 1.54) is 6.92 Å². The van der Waals surface area contributed by atoms with E-state index in [0.29, 0.717) is 5.56 Å². The van der Waals surface area contributed by atoms with E-state index in [9.17, 15) is 9.59 Å². The summed E-state index contributed by atoms with van der Waals surface area (Å²) in [5.41, 5.74) is 7.37. The second-order valence-electron chi connectivity index (χ2n) is 3.53. The van der Waals surface area contributed by atoms with Gasteiger partial charge in [0, 0.05) is 11.1 Å². The van der Waals surface area contributed by atoms with Crippen LogP contribution >= 0.6 is 0 Å². The summed E-state index contributed by atoms with van der Waals surface area (Å²) < 4.78 is 0. The monoisotopic (exact) mass is 215 g/mol. The Labute approximate surface area is 94.6 Å². The van der Waals surface area contributed by atoms with E-state index in [0.717, 1.165) is 11.1 Å². The molecule has 3 heteroatoms. The van der Waals surface area contributed by atoms with E-state index in [1.54, 1.807) is 18.2 Å². The summed E-state index contributed by atoms with van der Waals surface area (Å²) >= 11 is 0. The lowest BCUT2D eigenvalue weighted by Crippen LogP contribution is -2.08. The first-order valence-corrected chi connectivity index (χ1v) is 4.89. The summed E-state index contributed by atoms with van der Waals surface area (Å²) in [6.45, 7) is 3.40. The SMILES string of the molecule is CC(=O)c1ccc(C#CCC(N)=O)c(C)c1. The average molecular weight is 215 g/mol. The molecular weight excluding hydrogens is 202 g/mol. The van der Waals surface area contributed by atoms with E-state index in [2.05, 4.69) is 11.8 Å². The Morgan fingerprint density at radius 2 is 2.06 bits per heavy atom. The Hall–Kier alpha value is -2.08. The Kier molecular flexibility index (Phi) is 3.84. The first-order chi connectivity index (χ1) is 7.50. The zero-order valence-corrected chi connectivity index (χ0v) is 9.33. The number of primary amides is 1. The molecule has 0 fully saturated rings. The highest BCUT2D eigenvalue weighted by Gasteiger charge is 2.01. The van der Waals surface area contributed by atoms with Gasteiger partial charge in [-0.15, -0.1) is 0 Å². The van der Waals surface area contributed by atoms with Crippen LogP contribution in [0.25, 0.3) is 0 Å². The molecule has 0 saturated carbocycles. The topological polar surface area (TPSA) is 60.2 Å². The molecule has 16 heavy (non-hydrogen) atoms. The second-order valence-corrected chi connectivity index (χ2v) is 3.53. The summed E-state index contributed by atoms with van der Waals surface area (Å²) in [6.07, 6.45) is 0.0495. The zero-order valence-electron chi connectivity index (χ0n) is 9.33. The molecule has 0 spiro atoms. The predicted octanol–water partition coefficient (Wildman–Crippen LogP) is 1.42. The molecule has 1 rings (SSSR count). The van der Waals surface area contributed by atoms with Crippen molar-refractivity contribution in [3.8, 4) is 11.8 Å². The highest BCUT2D eigenvalue weighted by Crippen LogP contribution is 2.10. The lowest BCUT2D eigenvalue weighted by molar-refractivity contribution is -0.117. The van der Waals surface area contributed by atoms with Crippen molar-refractivity contribution in [3.05, 3.63) is 34.9 Å². The normalized spacial score (nSPS) is 9.12. The molecule has 0 heterocycles. The van der Waals surface area contributed by atoms with Gasteiger partial charge in [0.1, 0.15) is 0 Å². The molecule has 0 unspecified atom stereocenters. The Balaban J connectivity index is 2.94. The minimum Gasteiger partial charge on any atom is -0.369 e. The largest absolute Gasteiger partial charge is 0.369 e. The summed E-state index contributed by atoms with van der Waals surface area (Å²) in [5.74, 6) is 5.12. The molecule has 1 aromatic carbocycles. The summed E-state index contributed by atoms with van der Waals surface area (Å²) in [6, 6.07) is 5.29. The molecule has 0 radical (unpaired) electrons. The zero-order chi connectivity index (χ0) is 12.1. The van der Waals surface area contributed by atoms with Gasteiger partial charge >= 0.3 is 0 Å². The van der Waals surface area contributed by atoms with Crippen LogP contribution in [0.5, 0.6) is 0 Å². The van der Waals surface area contributed by atoms with Crippen molar-refractivity contribution >= 4 is 11.7 Å². The van der Waals surface area contributed by atoms with Gasteiger partial charge in [0.25, 0.3) is 0 Å². The third-order valence-corrected chi connectivity index (χ3v) is 2.12. The fourth-order valence-electron chi connectivity index (χ4n) is 1.25. The first-order valence-electron chi connectivity index (χ1n) is 4.89. The minimum absolute atomic E-state index is 0.0275. The van der Waals surface area contributed by atoms with Crippen LogP contribution in [-0.4, -0.2) is 11.7 Å². The molecule has 82 valence electrons.